The van der Waals surface area contributed by atoms with Crippen LogP contribution >= 0.6 is 0 Å². The molecule has 2 aliphatic rings. The van der Waals surface area contributed by atoms with Crippen LogP contribution in [-0.4, -0.2) is 59.9 Å². The van der Waals surface area contributed by atoms with Crippen molar-refractivity contribution in [3.05, 3.63) is 29.8 Å². The lowest BCUT2D eigenvalue weighted by Gasteiger charge is -2.24. The minimum Gasteiger partial charge on any atom is -0.338 e. The van der Waals surface area contributed by atoms with Crippen molar-refractivity contribution >= 4 is 15.9 Å². The summed E-state index contributed by atoms with van der Waals surface area (Å²) in [7, 11) is -3.23. The molecule has 0 aromatic carbocycles. The SMILES string of the molecule is CS(=O)(=O)N1CC[C@@H]2[C@@H]1CCN2C(=O)Cc1ccc(F)cn1. The van der Waals surface area contributed by atoms with Crippen LogP contribution in [0.1, 0.15) is 18.5 Å². The highest BCUT2D eigenvalue weighted by molar-refractivity contribution is 7.88. The van der Waals surface area contributed by atoms with Gasteiger partial charge in [0.15, 0.2) is 0 Å². The van der Waals surface area contributed by atoms with Crippen LogP contribution in [0.15, 0.2) is 18.3 Å². The maximum Gasteiger partial charge on any atom is 0.228 e. The van der Waals surface area contributed by atoms with Gasteiger partial charge in [-0.2, -0.15) is 4.31 Å². The second-order valence-corrected chi connectivity index (χ2v) is 7.75. The summed E-state index contributed by atoms with van der Waals surface area (Å²) >= 11 is 0. The molecule has 0 spiro atoms. The van der Waals surface area contributed by atoms with Gasteiger partial charge in [0.2, 0.25) is 15.9 Å². The summed E-state index contributed by atoms with van der Waals surface area (Å²) in [6.45, 7) is 1.02. The summed E-state index contributed by atoms with van der Waals surface area (Å²) in [6.07, 6.45) is 3.75. The van der Waals surface area contributed by atoms with E-state index in [1.165, 1.54) is 22.7 Å². The first-order valence-corrected chi connectivity index (χ1v) is 9.08. The largest absolute Gasteiger partial charge is 0.338 e. The van der Waals surface area contributed by atoms with Gasteiger partial charge in [0.25, 0.3) is 0 Å². The van der Waals surface area contributed by atoms with Crippen molar-refractivity contribution in [3.8, 4) is 0 Å². The van der Waals surface area contributed by atoms with E-state index in [1.54, 1.807) is 4.90 Å². The lowest BCUT2D eigenvalue weighted by molar-refractivity contribution is -0.131. The topological polar surface area (TPSA) is 70.6 Å². The van der Waals surface area contributed by atoms with Crippen molar-refractivity contribution < 1.29 is 17.6 Å². The molecule has 0 radical (unpaired) electrons. The molecule has 0 bridgehead atoms. The normalized spacial score (nSPS) is 25.5. The van der Waals surface area contributed by atoms with E-state index < -0.39 is 15.8 Å². The number of aromatic nitrogens is 1. The number of amides is 1. The molecule has 1 aromatic heterocycles. The van der Waals surface area contributed by atoms with Gasteiger partial charge in [0.05, 0.1) is 18.9 Å². The van der Waals surface area contributed by atoms with Crippen molar-refractivity contribution in [2.45, 2.75) is 31.3 Å². The molecule has 0 aliphatic carbocycles. The summed E-state index contributed by atoms with van der Waals surface area (Å²) in [5.41, 5.74) is 0.521. The van der Waals surface area contributed by atoms with E-state index >= 15 is 0 Å². The highest BCUT2D eigenvalue weighted by Gasteiger charge is 2.47. The molecule has 3 rings (SSSR count). The first-order valence-electron chi connectivity index (χ1n) is 7.23. The number of carbonyl (C=O) groups excluding carboxylic acids is 1. The van der Waals surface area contributed by atoms with Gasteiger partial charge in [-0.25, -0.2) is 12.8 Å². The highest BCUT2D eigenvalue weighted by Crippen LogP contribution is 2.33. The molecule has 2 aliphatic heterocycles. The lowest BCUT2D eigenvalue weighted by atomic mass is 10.1. The Morgan fingerprint density at radius 3 is 2.68 bits per heavy atom. The standard InChI is InChI=1S/C14H18FN3O3S/c1-22(20,21)18-7-5-12-13(18)4-6-17(12)14(19)8-11-3-2-10(15)9-16-11/h2-3,9,12-13H,4-8H2,1H3/t12-,13+/m1/s1. The number of fused-ring (bicyclic) bond motifs is 1. The Hall–Kier alpha value is -1.54. The van der Waals surface area contributed by atoms with Crippen LogP contribution in [0.2, 0.25) is 0 Å². The van der Waals surface area contributed by atoms with Crippen LogP contribution in [0.5, 0.6) is 0 Å². The number of halogens is 1. The highest BCUT2D eigenvalue weighted by atomic mass is 32.2. The molecular formula is C14H18FN3O3S. The van der Waals surface area contributed by atoms with Gasteiger partial charge in [-0.3, -0.25) is 9.78 Å². The molecule has 6 nitrogen and oxygen atoms in total. The maximum absolute atomic E-state index is 12.8. The second kappa shape index (κ2) is 5.58. The number of nitrogens with zero attached hydrogens (tertiary/aromatic N) is 3. The van der Waals surface area contributed by atoms with E-state index in [-0.39, 0.29) is 24.4 Å². The molecule has 120 valence electrons. The van der Waals surface area contributed by atoms with Crippen molar-refractivity contribution in [1.29, 1.82) is 0 Å². The number of sulfonamides is 1. The van der Waals surface area contributed by atoms with Gasteiger partial charge in [-0.15, -0.1) is 0 Å². The Labute approximate surface area is 129 Å². The summed E-state index contributed by atoms with van der Waals surface area (Å²) in [4.78, 5) is 18.1. The molecule has 8 heteroatoms. The van der Waals surface area contributed by atoms with Crippen LogP contribution in [0.4, 0.5) is 4.39 Å². The smallest absolute Gasteiger partial charge is 0.228 e. The average molecular weight is 327 g/mol. The lowest BCUT2D eigenvalue weighted by Crippen LogP contribution is -2.41. The predicted molar refractivity (Wildman–Crippen MR) is 78.0 cm³/mol. The monoisotopic (exact) mass is 327 g/mol. The molecule has 2 atom stereocenters. The Balaban J connectivity index is 1.69. The first-order chi connectivity index (χ1) is 10.4. The van der Waals surface area contributed by atoms with E-state index in [9.17, 15) is 17.6 Å². The number of likely N-dealkylation sites (tertiary alicyclic amines) is 1. The van der Waals surface area contributed by atoms with E-state index in [2.05, 4.69) is 4.98 Å². The number of carbonyl (C=O) groups is 1. The van der Waals surface area contributed by atoms with Gasteiger partial charge in [-0.1, -0.05) is 0 Å². The first kappa shape index (κ1) is 15.4. The Morgan fingerprint density at radius 1 is 1.32 bits per heavy atom. The van der Waals surface area contributed by atoms with Crippen LogP contribution in [0.25, 0.3) is 0 Å². The minimum absolute atomic E-state index is 0.0531. The van der Waals surface area contributed by atoms with E-state index in [0.717, 1.165) is 6.20 Å². The van der Waals surface area contributed by atoms with Crippen molar-refractivity contribution in [2.75, 3.05) is 19.3 Å². The van der Waals surface area contributed by atoms with E-state index in [0.29, 0.717) is 31.6 Å². The summed E-state index contributed by atoms with van der Waals surface area (Å²) in [5, 5.41) is 0. The summed E-state index contributed by atoms with van der Waals surface area (Å²) in [5.74, 6) is -0.515. The van der Waals surface area contributed by atoms with Crippen LogP contribution in [0.3, 0.4) is 0 Å². The Bertz CT molecular complexity index is 677. The quantitative estimate of drug-likeness (QED) is 0.806. The zero-order valence-electron chi connectivity index (χ0n) is 12.3. The Kier molecular flexibility index (Phi) is 3.90. The number of hydrogen-bond acceptors (Lipinski definition) is 4. The predicted octanol–water partition coefficient (Wildman–Crippen LogP) is 0.398. The van der Waals surface area contributed by atoms with Gasteiger partial charge >= 0.3 is 0 Å². The van der Waals surface area contributed by atoms with Gasteiger partial charge in [0.1, 0.15) is 5.82 Å². The molecule has 22 heavy (non-hydrogen) atoms. The van der Waals surface area contributed by atoms with Crippen molar-refractivity contribution in [1.82, 2.24) is 14.2 Å². The maximum atomic E-state index is 12.8. The molecular weight excluding hydrogens is 309 g/mol. The number of rotatable bonds is 3. The van der Waals surface area contributed by atoms with E-state index in [4.69, 9.17) is 0 Å². The fourth-order valence-electron chi connectivity index (χ4n) is 3.44. The van der Waals surface area contributed by atoms with Crippen LogP contribution < -0.4 is 0 Å². The molecule has 0 saturated carbocycles. The fourth-order valence-corrected chi connectivity index (χ4v) is 4.61. The molecule has 1 amide bonds. The van der Waals surface area contributed by atoms with Gasteiger partial charge in [-0.05, 0) is 25.0 Å². The fraction of sp³-hybridized carbons (Fsp3) is 0.571. The summed E-state index contributed by atoms with van der Waals surface area (Å²) in [6, 6.07) is 2.62. The minimum atomic E-state index is -3.23. The number of hydrogen-bond donors (Lipinski definition) is 0. The van der Waals surface area contributed by atoms with E-state index in [1.807, 2.05) is 0 Å². The Morgan fingerprint density at radius 2 is 2.05 bits per heavy atom. The van der Waals surface area contributed by atoms with Gasteiger partial charge < -0.3 is 4.90 Å². The third-order valence-electron chi connectivity index (χ3n) is 4.39. The van der Waals surface area contributed by atoms with Crippen LogP contribution in [0, 0.1) is 5.82 Å². The third-order valence-corrected chi connectivity index (χ3v) is 5.70. The summed E-state index contributed by atoms with van der Waals surface area (Å²) < 4.78 is 37.8. The van der Waals surface area contributed by atoms with Crippen molar-refractivity contribution in [2.24, 2.45) is 0 Å². The van der Waals surface area contributed by atoms with Crippen LogP contribution in [-0.2, 0) is 21.2 Å². The molecule has 0 unspecified atom stereocenters. The molecule has 1 aromatic rings. The number of pyridine rings is 1. The molecule has 2 fully saturated rings. The van der Waals surface area contributed by atoms with Crippen molar-refractivity contribution in [3.63, 3.8) is 0 Å². The zero-order valence-corrected chi connectivity index (χ0v) is 13.1. The average Bonchev–Trinajstić information content (AvgIpc) is 3.01. The molecule has 3 heterocycles. The second-order valence-electron chi connectivity index (χ2n) is 5.82. The zero-order chi connectivity index (χ0) is 15.9. The molecule has 2 saturated heterocycles. The van der Waals surface area contributed by atoms with Gasteiger partial charge in [0, 0.05) is 30.9 Å². The molecule has 0 N–H and O–H groups in total. The third kappa shape index (κ3) is 2.85.